The summed E-state index contributed by atoms with van der Waals surface area (Å²) in [5.41, 5.74) is 22.4. The first-order valence-corrected chi connectivity index (χ1v) is 27.4. The lowest BCUT2D eigenvalue weighted by Gasteiger charge is -2.48. The molecule has 0 spiro atoms. The molecule has 0 unspecified atom stereocenters. The fraction of sp³-hybridized carbons (Fsp3) is 0.400. The van der Waals surface area contributed by atoms with Gasteiger partial charge in [0, 0.05) is 43.5 Å². The average molecular weight is 964 g/mol. The number of nitrogens with zero attached hydrogens (tertiary/aromatic N) is 2. The van der Waals surface area contributed by atoms with Crippen molar-refractivity contribution in [3.63, 3.8) is 0 Å². The highest BCUT2D eigenvalue weighted by molar-refractivity contribution is 7.00. The van der Waals surface area contributed by atoms with Gasteiger partial charge in [-0.25, -0.2) is 0 Å². The van der Waals surface area contributed by atoms with Crippen LogP contribution in [0.5, 0.6) is 0 Å². The van der Waals surface area contributed by atoms with Crippen LogP contribution in [-0.2, 0) is 37.9 Å². The van der Waals surface area contributed by atoms with Gasteiger partial charge < -0.3 is 9.80 Å². The van der Waals surface area contributed by atoms with Gasteiger partial charge in [0.15, 0.2) is 0 Å². The van der Waals surface area contributed by atoms with E-state index in [1.807, 2.05) is 12.1 Å². The molecule has 73 heavy (non-hydrogen) atoms. The van der Waals surface area contributed by atoms with E-state index in [0.29, 0.717) is 5.56 Å². The highest BCUT2D eigenvalue weighted by Crippen LogP contribution is 2.54. The molecule has 2 aliphatic carbocycles. The molecule has 2 aliphatic heterocycles. The van der Waals surface area contributed by atoms with Crippen molar-refractivity contribution in [2.24, 2.45) is 0 Å². The Labute approximate surface area is 445 Å². The Hall–Kier alpha value is -5.80. The number of rotatable bonds is 5. The van der Waals surface area contributed by atoms with Gasteiger partial charge in [-0.1, -0.05) is 196 Å². The van der Waals surface area contributed by atoms with Crippen molar-refractivity contribution < 1.29 is 4.11 Å². The minimum absolute atomic E-state index is 0.0113. The van der Waals surface area contributed by atoms with E-state index >= 15 is 0 Å². The number of anilines is 6. The monoisotopic (exact) mass is 964 g/mol. The molecular formula is C70H81BN2. The van der Waals surface area contributed by atoms with Gasteiger partial charge >= 0.3 is 0 Å². The van der Waals surface area contributed by atoms with Crippen LogP contribution in [0.1, 0.15) is 191 Å². The zero-order valence-electron chi connectivity index (χ0n) is 50.0. The lowest BCUT2D eigenvalue weighted by molar-refractivity contribution is 0.332. The Kier molecular flexibility index (Phi) is 10.3. The van der Waals surface area contributed by atoms with Crippen molar-refractivity contribution in [1.29, 1.82) is 0 Å². The standard InChI is InChI=1S/C70H81BN2/c1-44-37-61-63-62(38-44)73(58-32-28-48(65(5,6)7)39-51(58)45-23-25-46(26-24-45)64(2,3)4)59-40-49(70(16,17)47-21-19-18-20-22-47)27-31-56(59)71(63)57-42-54-55(69(14,15)36-35-68(54,12)13)43-60(57)72(61)50-29-30-52-53(41-50)67(10,11)34-33-66(52,8)9/h18-32,37-43H,33-36H2,1-17H3/i1D3. The van der Waals surface area contributed by atoms with Crippen LogP contribution in [0.3, 0.4) is 0 Å². The van der Waals surface area contributed by atoms with Crippen LogP contribution in [0, 0.1) is 6.85 Å². The van der Waals surface area contributed by atoms with E-state index in [9.17, 15) is 4.11 Å². The molecule has 2 heterocycles. The van der Waals surface area contributed by atoms with Crippen molar-refractivity contribution in [2.75, 3.05) is 9.80 Å². The van der Waals surface area contributed by atoms with E-state index in [1.165, 1.54) is 55.4 Å². The fourth-order valence-corrected chi connectivity index (χ4v) is 13.3. The molecule has 0 fully saturated rings. The van der Waals surface area contributed by atoms with Crippen molar-refractivity contribution in [3.05, 3.63) is 184 Å². The Balaban J connectivity index is 1.29. The molecule has 374 valence electrons. The van der Waals surface area contributed by atoms with Gasteiger partial charge in [-0.15, -0.1) is 0 Å². The van der Waals surface area contributed by atoms with Crippen LogP contribution >= 0.6 is 0 Å². The molecule has 3 heteroatoms. The number of hydrogen-bond acceptors (Lipinski definition) is 2. The van der Waals surface area contributed by atoms with E-state index in [1.54, 1.807) is 0 Å². The Bertz CT molecular complexity index is 3470. The highest BCUT2D eigenvalue weighted by Gasteiger charge is 2.48. The zero-order valence-corrected chi connectivity index (χ0v) is 47.0. The first-order valence-electron chi connectivity index (χ1n) is 28.9. The summed E-state index contributed by atoms with van der Waals surface area (Å²) < 4.78 is 28.1. The summed E-state index contributed by atoms with van der Waals surface area (Å²) in [5, 5.41) is 0. The van der Waals surface area contributed by atoms with Gasteiger partial charge in [0.25, 0.3) is 6.71 Å². The van der Waals surface area contributed by atoms with Gasteiger partial charge in [-0.05, 0) is 186 Å². The van der Waals surface area contributed by atoms with Crippen LogP contribution in [0.15, 0.2) is 133 Å². The minimum Gasteiger partial charge on any atom is -0.311 e. The summed E-state index contributed by atoms with van der Waals surface area (Å²) in [4.78, 5) is 4.96. The molecular weight excluding hydrogens is 880 g/mol. The minimum atomic E-state index is -2.40. The molecule has 0 aromatic heterocycles. The van der Waals surface area contributed by atoms with Crippen molar-refractivity contribution >= 4 is 57.2 Å². The van der Waals surface area contributed by atoms with Crippen LogP contribution in [0.25, 0.3) is 11.1 Å². The molecule has 4 aliphatic rings. The van der Waals surface area contributed by atoms with Crippen LogP contribution in [0.2, 0.25) is 0 Å². The van der Waals surface area contributed by atoms with Gasteiger partial charge in [0.1, 0.15) is 0 Å². The third-order valence-electron chi connectivity index (χ3n) is 18.5. The van der Waals surface area contributed by atoms with E-state index in [0.717, 1.165) is 76.4 Å². The number of benzene rings is 7. The van der Waals surface area contributed by atoms with Crippen LogP contribution in [-0.4, -0.2) is 6.71 Å². The van der Waals surface area contributed by atoms with E-state index < -0.39 is 6.85 Å². The van der Waals surface area contributed by atoms with Crippen molar-refractivity contribution in [1.82, 2.24) is 0 Å². The van der Waals surface area contributed by atoms with Crippen LogP contribution < -0.4 is 26.2 Å². The predicted molar refractivity (Wildman–Crippen MR) is 317 cm³/mol. The normalized spacial score (nSPS) is 18.8. The lowest BCUT2D eigenvalue weighted by atomic mass is 9.33. The van der Waals surface area contributed by atoms with E-state index in [4.69, 9.17) is 0 Å². The third-order valence-corrected chi connectivity index (χ3v) is 18.5. The maximum absolute atomic E-state index is 9.35. The maximum Gasteiger partial charge on any atom is 0.252 e. The molecule has 7 aromatic rings. The summed E-state index contributed by atoms with van der Waals surface area (Å²) in [7, 11) is 0. The molecule has 0 N–H and O–H groups in total. The Morgan fingerprint density at radius 2 is 0.959 bits per heavy atom. The summed E-state index contributed by atoms with van der Waals surface area (Å²) in [5.74, 6) is 0. The van der Waals surface area contributed by atoms with Gasteiger partial charge in [-0.2, -0.15) is 0 Å². The summed E-state index contributed by atoms with van der Waals surface area (Å²) in [6.45, 7) is 35.1. The Morgan fingerprint density at radius 3 is 1.56 bits per heavy atom. The second-order valence-electron chi connectivity index (χ2n) is 27.8. The maximum atomic E-state index is 9.35. The molecule has 0 bridgehead atoms. The molecule has 0 saturated carbocycles. The van der Waals surface area contributed by atoms with Gasteiger partial charge in [0.2, 0.25) is 0 Å². The first-order chi connectivity index (χ1) is 35.3. The van der Waals surface area contributed by atoms with Crippen LogP contribution in [0.4, 0.5) is 34.1 Å². The van der Waals surface area contributed by atoms with Gasteiger partial charge in [0.05, 0.1) is 5.69 Å². The van der Waals surface area contributed by atoms with E-state index in [2.05, 4.69) is 242 Å². The number of hydrogen-bond donors (Lipinski definition) is 0. The highest BCUT2D eigenvalue weighted by atomic mass is 15.2. The summed E-state index contributed by atoms with van der Waals surface area (Å²) in [6, 6.07) is 50.7. The molecule has 2 nitrogen and oxygen atoms in total. The van der Waals surface area contributed by atoms with Crippen molar-refractivity contribution in [3.8, 4) is 11.1 Å². The first kappa shape index (κ1) is 45.8. The molecule has 0 saturated heterocycles. The topological polar surface area (TPSA) is 6.48 Å². The zero-order chi connectivity index (χ0) is 54.7. The smallest absolute Gasteiger partial charge is 0.252 e. The molecule has 0 amide bonds. The third kappa shape index (κ3) is 7.96. The van der Waals surface area contributed by atoms with Gasteiger partial charge in [-0.3, -0.25) is 0 Å². The van der Waals surface area contributed by atoms with Crippen molar-refractivity contribution in [2.45, 2.75) is 181 Å². The molecule has 0 atom stereocenters. The van der Waals surface area contributed by atoms with E-state index in [-0.39, 0.29) is 44.6 Å². The lowest BCUT2D eigenvalue weighted by Crippen LogP contribution is -2.62. The second-order valence-corrected chi connectivity index (χ2v) is 27.8. The Morgan fingerprint density at radius 1 is 0.425 bits per heavy atom. The molecule has 7 aromatic carbocycles. The predicted octanol–water partition coefficient (Wildman–Crippen LogP) is 17.4. The SMILES string of the molecule is [2H]C([2H])([2H])c1cc2c3c(c1)N(c1ccc(C(C)(C)C)cc1-c1ccc(C(C)(C)C)cc1)c1cc(C(C)(C)c4ccccc4)ccc1B3c1cc3c(cc1N2c1ccc2c(c1)C(C)(C)CCC2(C)C)C(C)(C)CCC3(C)C. The average Bonchev–Trinajstić information content (AvgIpc) is 3.35. The number of aryl methyl sites for hydroxylation is 1. The summed E-state index contributed by atoms with van der Waals surface area (Å²) in [6.07, 6.45) is 4.42. The molecule has 0 radical (unpaired) electrons. The quantitative estimate of drug-likeness (QED) is 0.159. The second kappa shape index (κ2) is 16.4. The molecule has 11 rings (SSSR count). The fourth-order valence-electron chi connectivity index (χ4n) is 13.3. The summed E-state index contributed by atoms with van der Waals surface area (Å²) >= 11 is 0. The number of fused-ring (bicyclic) bond motifs is 6. The largest absolute Gasteiger partial charge is 0.311 e.